The molecule has 3 fully saturated rings. The Balaban J connectivity index is 0.00000168. The Labute approximate surface area is 161 Å². The molecule has 0 aromatic heterocycles. The number of hydrogen-bond donors (Lipinski definition) is 1. The van der Waals surface area contributed by atoms with Crippen molar-refractivity contribution in [3.63, 3.8) is 0 Å². The number of halogens is 1. The molecular formula is C22H27ClN2O. The van der Waals surface area contributed by atoms with E-state index in [0.717, 1.165) is 32.6 Å². The summed E-state index contributed by atoms with van der Waals surface area (Å²) in [6.45, 7) is 4.22. The SMILES string of the molecule is Cl.O=C(C1CC1c1cccc2ccccc12)N1CCC2(CCNC2)CC1. The van der Waals surface area contributed by atoms with Gasteiger partial charge in [-0.2, -0.15) is 0 Å². The zero-order chi connectivity index (χ0) is 16.9. The summed E-state index contributed by atoms with van der Waals surface area (Å²) >= 11 is 0. The third kappa shape index (κ3) is 3.01. The highest BCUT2D eigenvalue weighted by atomic mass is 35.5. The predicted molar refractivity (Wildman–Crippen MR) is 108 cm³/mol. The molecule has 3 aliphatic rings. The van der Waals surface area contributed by atoms with Gasteiger partial charge in [0, 0.05) is 25.6 Å². The van der Waals surface area contributed by atoms with Crippen molar-refractivity contribution in [2.45, 2.75) is 31.6 Å². The van der Waals surface area contributed by atoms with Gasteiger partial charge in [-0.3, -0.25) is 4.79 Å². The average molecular weight is 371 g/mol. The van der Waals surface area contributed by atoms with Crippen molar-refractivity contribution in [2.24, 2.45) is 11.3 Å². The lowest BCUT2D eigenvalue weighted by atomic mass is 9.78. The van der Waals surface area contributed by atoms with Crippen LogP contribution in [0.5, 0.6) is 0 Å². The number of nitrogens with one attached hydrogen (secondary N) is 1. The maximum Gasteiger partial charge on any atom is 0.226 e. The van der Waals surface area contributed by atoms with Crippen LogP contribution in [0, 0.1) is 11.3 Å². The van der Waals surface area contributed by atoms with Gasteiger partial charge >= 0.3 is 0 Å². The minimum absolute atomic E-state index is 0. The summed E-state index contributed by atoms with van der Waals surface area (Å²) < 4.78 is 0. The summed E-state index contributed by atoms with van der Waals surface area (Å²) in [7, 11) is 0. The molecule has 138 valence electrons. The normalized spacial score (nSPS) is 26.7. The lowest BCUT2D eigenvalue weighted by Crippen LogP contribution is -2.44. The van der Waals surface area contributed by atoms with Crippen molar-refractivity contribution in [3.05, 3.63) is 48.0 Å². The molecule has 2 aliphatic heterocycles. The number of nitrogens with zero attached hydrogens (tertiary/aromatic N) is 1. The maximum atomic E-state index is 13.0. The molecule has 2 saturated heterocycles. The van der Waals surface area contributed by atoms with E-state index in [1.165, 1.54) is 35.6 Å². The lowest BCUT2D eigenvalue weighted by molar-refractivity contribution is -0.134. The fourth-order valence-electron chi connectivity index (χ4n) is 5.04. The Kier molecular flexibility index (Phi) is 4.70. The largest absolute Gasteiger partial charge is 0.342 e. The highest BCUT2D eigenvalue weighted by molar-refractivity contribution is 5.89. The zero-order valence-electron chi connectivity index (χ0n) is 15.1. The Morgan fingerprint density at radius 1 is 1.04 bits per heavy atom. The van der Waals surface area contributed by atoms with E-state index in [1.54, 1.807) is 0 Å². The van der Waals surface area contributed by atoms with Gasteiger partial charge in [0.25, 0.3) is 0 Å². The monoisotopic (exact) mass is 370 g/mol. The quantitative estimate of drug-likeness (QED) is 0.867. The molecule has 1 N–H and O–H groups in total. The van der Waals surface area contributed by atoms with Crippen LogP contribution in [0.25, 0.3) is 10.8 Å². The molecule has 2 aromatic carbocycles. The minimum Gasteiger partial charge on any atom is -0.342 e. The molecule has 1 spiro atoms. The molecule has 2 aromatic rings. The number of hydrogen-bond acceptors (Lipinski definition) is 2. The Bertz CT molecular complexity index is 799. The van der Waals surface area contributed by atoms with Crippen molar-refractivity contribution >= 4 is 29.1 Å². The van der Waals surface area contributed by atoms with Crippen LogP contribution in [0.2, 0.25) is 0 Å². The first-order valence-electron chi connectivity index (χ1n) is 9.73. The van der Waals surface area contributed by atoms with Gasteiger partial charge in [-0.15, -0.1) is 12.4 Å². The number of benzene rings is 2. The molecule has 3 nitrogen and oxygen atoms in total. The number of amides is 1. The Morgan fingerprint density at radius 3 is 2.58 bits per heavy atom. The second kappa shape index (κ2) is 6.86. The van der Waals surface area contributed by atoms with Crippen molar-refractivity contribution in [2.75, 3.05) is 26.2 Å². The van der Waals surface area contributed by atoms with Gasteiger partial charge in [0.05, 0.1) is 0 Å². The van der Waals surface area contributed by atoms with Crippen molar-refractivity contribution in [1.29, 1.82) is 0 Å². The molecule has 1 amide bonds. The van der Waals surface area contributed by atoms with Crippen LogP contribution in [0.15, 0.2) is 42.5 Å². The number of carbonyl (C=O) groups is 1. The number of likely N-dealkylation sites (tertiary alicyclic amines) is 1. The summed E-state index contributed by atoms with van der Waals surface area (Å²) in [4.78, 5) is 15.1. The number of piperidine rings is 1. The Hall–Kier alpha value is -1.58. The standard InChI is InChI=1S/C22H26N2O.ClH/c25-21(24-12-9-22(10-13-24)8-11-23-15-22)20-14-19(20)18-7-3-5-16-4-1-2-6-17(16)18;/h1-7,19-20,23H,8-15H2;1H. The van der Waals surface area contributed by atoms with Crippen LogP contribution in [0.1, 0.15) is 37.2 Å². The van der Waals surface area contributed by atoms with Gasteiger partial charge in [0.15, 0.2) is 0 Å². The van der Waals surface area contributed by atoms with E-state index in [2.05, 4.69) is 52.7 Å². The molecule has 1 aliphatic carbocycles. The van der Waals surface area contributed by atoms with Crippen LogP contribution in [0.3, 0.4) is 0 Å². The molecule has 0 radical (unpaired) electrons. The van der Waals surface area contributed by atoms with E-state index in [9.17, 15) is 4.79 Å². The maximum absolute atomic E-state index is 13.0. The first kappa shape index (κ1) is 17.8. The van der Waals surface area contributed by atoms with Crippen LogP contribution < -0.4 is 5.32 Å². The van der Waals surface area contributed by atoms with E-state index in [1.807, 2.05) is 0 Å². The second-order valence-corrected chi connectivity index (χ2v) is 8.27. The van der Waals surface area contributed by atoms with Crippen LogP contribution in [0.4, 0.5) is 0 Å². The van der Waals surface area contributed by atoms with Gasteiger partial charge in [0.1, 0.15) is 0 Å². The van der Waals surface area contributed by atoms with Crippen LogP contribution in [-0.4, -0.2) is 37.0 Å². The molecule has 5 rings (SSSR count). The molecule has 2 unspecified atom stereocenters. The smallest absolute Gasteiger partial charge is 0.226 e. The molecule has 2 heterocycles. The van der Waals surface area contributed by atoms with Gasteiger partial charge in [0.2, 0.25) is 5.91 Å². The first-order valence-corrected chi connectivity index (χ1v) is 9.73. The van der Waals surface area contributed by atoms with E-state index in [0.29, 0.717) is 17.2 Å². The van der Waals surface area contributed by atoms with Crippen LogP contribution >= 0.6 is 12.4 Å². The van der Waals surface area contributed by atoms with Crippen molar-refractivity contribution < 1.29 is 4.79 Å². The number of fused-ring (bicyclic) bond motifs is 1. The van der Waals surface area contributed by atoms with E-state index in [-0.39, 0.29) is 18.3 Å². The fourth-order valence-corrected chi connectivity index (χ4v) is 5.04. The first-order chi connectivity index (χ1) is 12.3. The number of rotatable bonds is 2. The van der Waals surface area contributed by atoms with Gasteiger partial charge in [-0.05, 0) is 59.9 Å². The van der Waals surface area contributed by atoms with E-state index < -0.39 is 0 Å². The third-order valence-electron chi connectivity index (χ3n) is 6.80. The second-order valence-electron chi connectivity index (χ2n) is 8.27. The summed E-state index contributed by atoms with van der Waals surface area (Å²) in [6.07, 6.45) is 4.67. The summed E-state index contributed by atoms with van der Waals surface area (Å²) in [5, 5.41) is 6.11. The molecule has 4 heteroatoms. The third-order valence-corrected chi connectivity index (χ3v) is 6.80. The molecule has 2 atom stereocenters. The van der Waals surface area contributed by atoms with E-state index >= 15 is 0 Å². The molecule has 1 saturated carbocycles. The van der Waals surface area contributed by atoms with Crippen LogP contribution in [-0.2, 0) is 4.79 Å². The minimum atomic E-state index is 0. The highest BCUT2D eigenvalue weighted by Gasteiger charge is 2.48. The zero-order valence-corrected chi connectivity index (χ0v) is 15.9. The van der Waals surface area contributed by atoms with Gasteiger partial charge in [-0.1, -0.05) is 42.5 Å². The van der Waals surface area contributed by atoms with Crippen molar-refractivity contribution in [1.82, 2.24) is 10.2 Å². The molecule has 26 heavy (non-hydrogen) atoms. The van der Waals surface area contributed by atoms with Gasteiger partial charge in [-0.25, -0.2) is 0 Å². The number of carbonyl (C=O) groups excluding carboxylic acids is 1. The summed E-state index contributed by atoms with van der Waals surface area (Å²) in [6, 6.07) is 15.1. The Morgan fingerprint density at radius 2 is 1.81 bits per heavy atom. The lowest BCUT2D eigenvalue weighted by Gasteiger charge is -2.39. The van der Waals surface area contributed by atoms with Crippen molar-refractivity contribution in [3.8, 4) is 0 Å². The van der Waals surface area contributed by atoms with E-state index in [4.69, 9.17) is 0 Å². The summed E-state index contributed by atoms with van der Waals surface area (Å²) in [5.74, 6) is 1.03. The highest BCUT2D eigenvalue weighted by Crippen LogP contribution is 2.51. The average Bonchev–Trinajstić information content (AvgIpc) is 3.34. The summed E-state index contributed by atoms with van der Waals surface area (Å²) in [5.41, 5.74) is 1.85. The fraction of sp³-hybridized carbons (Fsp3) is 0.500. The molecular weight excluding hydrogens is 344 g/mol. The predicted octanol–water partition coefficient (Wildman–Crippen LogP) is 3.97. The van der Waals surface area contributed by atoms with Gasteiger partial charge < -0.3 is 10.2 Å². The molecule has 0 bridgehead atoms. The topological polar surface area (TPSA) is 32.3 Å².